The number of benzene rings is 2. The van der Waals surface area contributed by atoms with E-state index < -0.39 is 0 Å². The van der Waals surface area contributed by atoms with Crippen LogP contribution >= 0.6 is 69.2 Å². The lowest BCUT2D eigenvalue weighted by Gasteiger charge is -2.14. The van der Waals surface area contributed by atoms with Crippen molar-refractivity contribution in [2.24, 2.45) is 0 Å². The first-order valence-corrected chi connectivity index (χ1v) is 10.3. The number of thioether (sulfide) groups is 1. The van der Waals surface area contributed by atoms with Crippen LogP contribution in [0.4, 0.5) is 5.69 Å². The molecular weight excluding hydrogens is 568 g/mol. The molecule has 0 unspecified atom stereocenters. The van der Waals surface area contributed by atoms with Crippen LogP contribution < -0.4 is 4.90 Å². The highest BCUT2D eigenvalue weighted by Crippen LogP contribution is 2.37. The van der Waals surface area contributed by atoms with Crippen LogP contribution in [0.5, 0.6) is 5.75 Å². The molecule has 1 aliphatic rings. The maximum Gasteiger partial charge on any atom is 0.270 e. The smallest absolute Gasteiger partial charge is 0.270 e. The number of halogens is 2. The van der Waals surface area contributed by atoms with Crippen LogP contribution in [0.3, 0.4) is 0 Å². The van der Waals surface area contributed by atoms with Crippen molar-refractivity contribution in [1.82, 2.24) is 0 Å². The minimum absolute atomic E-state index is 0.117. The van der Waals surface area contributed by atoms with E-state index >= 15 is 0 Å². The van der Waals surface area contributed by atoms with Gasteiger partial charge in [0, 0.05) is 0 Å². The Morgan fingerprint density at radius 1 is 1.21 bits per heavy atom. The number of aromatic hydroxyl groups is 1. The Kier molecular flexibility index (Phi) is 5.52. The highest BCUT2D eigenvalue weighted by Gasteiger charge is 2.33. The molecule has 0 radical (unpaired) electrons. The van der Waals surface area contributed by atoms with Crippen LogP contribution in [0.2, 0.25) is 0 Å². The Hall–Kier alpha value is -0.650. The highest BCUT2D eigenvalue weighted by molar-refractivity contribution is 14.1. The van der Waals surface area contributed by atoms with Gasteiger partial charge in [0.1, 0.15) is 5.75 Å². The molecule has 0 atom stereocenters. The van der Waals surface area contributed by atoms with E-state index in [9.17, 15) is 9.90 Å². The van der Waals surface area contributed by atoms with E-state index in [1.165, 1.54) is 11.8 Å². The number of hydrogen-bond donors (Lipinski definition) is 1. The lowest BCUT2D eigenvalue weighted by atomic mass is 10.2. The van der Waals surface area contributed by atoms with Gasteiger partial charge in [0.15, 0.2) is 4.32 Å². The number of carbonyl (C=O) groups is 1. The van der Waals surface area contributed by atoms with Gasteiger partial charge in [0.05, 0.1) is 17.7 Å². The van der Waals surface area contributed by atoms with E-state index in [4.69, 9.17) is 12.2 Å². The minimum Gasteiger partial charge on any atom is -0.506 e. The molecule has 1 saturated heterocycles. The third-order valence-electron chi connectivity index (χ3n) is 3.39. The van der Waals surface area contributed by atoms with Crippen molar-refractivity contribution in [3.05, 3.63) is 59.6 Å². The van der Waals surface area contributed by atoms with Gasteiger partial charge in [-0.3, -0.25) is 9.69 Å². The normalized spacial score (nSPS) is 16.3. The summed E-state index contributed by atoms with van der Waals surface area (Å²) >= 11 is 10.8. The lowest BCUT2D eigenvalue weighted by Crippen LogP contribution is -2.27. The van der Waals surface area contributed by atoms with Crippen LogP contribution in [0.1, 0.15) is 11.1 Å². The molecule has 7 heteroatoms. The number of nitrogens with zero attached hydrogens (tertiary/aromatic N) is 1. The fraction of sp³-hybridized carbons (Fsp3) is 0.0588. The summed E-state index contributed by atoms with van der Waals surface area (Å²) in [6.07, 6.45) is 1.82. The first-order valence-electron chi connectivity index (χ1n) is 6.89. The van der Waals surface area contributed by atoms with Gasteiger partial charge in [0.2, 0.25) is 0 Å². The molecule has 1 N–H and O–H groups in total. The zero-order valence-electron chi connectivity index (χ0n) is 12.4. The number of phenols is 1. The van der Waals surface area contributed by atoms with Gasteiger partial charge in [0.25, 0.3) is 5.91 Å². The number of rotatable bonds is 2. The van der Waals surface area contributed by atoms with Gasteiger partial charge in [-0.1, -0.05) is 36.1 Å². The van der Waals surface area contributed by atoms with Gasteiger partial charge in [-0.05, 0) is 93.6 Å². The van der Waals surface area contributed by atoms with Crippen molar-refractivity contribution in [2.45, 2.75) is 6.92 Å². The van der Waals surface area contributed by atoms with E-state index in [1.54, 1.807) is 4.90 Å². The van der Waals surface area contributed by atoms with Crippen molar-refractivity contribution in [1.29, 1.82) is 0 Å². The lowest BCUT2D eigenvalue weighted by molar-refractivity contribution is -0.113. The van der Waals surface area contributed by atoms with E-state index in [-0.39, 0.29) is 11.7 Å². The SMILES string of the molecule is Cc1cccc(N2C(=O)/C(=C/c3cc(I)c(O)c(I)c3)SC2=S)c1. The summed E-state index contributed by atoms with van der Waals surface area (Å²) in [5, 5.41) is 9.87. The number of thiocarbonyl (C=S) groups is 1. The molecule has 0 bridgehead atoms. The third kappa shape index (κ3) is 3.63. The topological polar surface area (TPSA) is 40.5 Å². The van der Waals surface area contributed by atoms with Crippen molar-refractivity contribution < 1.29 is 9.90 Å². The Balaban J connectivity index is 1.97. The molecule has 2 aromatic carbocycles. The molecule has 3 nitrogen and oxygen atoms in total. The Bertz CT molecular complexity index is 873. The molecule has 122 valence electrons. The Labute approximate surface area is 176 Å². The number of amides is 1. The summed E-state index contributed by atoms with van der Waals surface area (Å²) in [6, 6.07) is 11.4. The largest absolute Gasteiger partial charge is 0.506 e. The van der Waals surface area contributed by atoms with Crippen molar-refractivity contribution in [3.63, 3.8) is 0 Å². The molecule has 2 aromatic rings. The summed E-state index contributed by atoms with van der Waals surface area (Å²) in [5.74, 6) is 0.148. The van der Waals surface area contributed by atoms with Crippen LogP contribution in [-0.4, -0.2) is 15.3 Å². The molecule has 0 aliphatic carbocycles. The first kappa shape index (κ1) is 18.2. The average molecular weight is 579 g/mol. The van der Waals surface area contributed by atoms with Crippen LogP contribution in [0.25, 0.3) is 6.08 Å². The summed E-state index contributed by atoms with van der Waals surface area (Å²) in [7, 11) is 0. The number of hydrogen-bond acceptors (Lipinski definition) is 4. The van der Waals surface area contributed by atoms with Crippen molar-refractivity contribution in [2.75, 3.05) is 4.90 Å². The molecule has 0 aromatic heterocycles. The molecule has 3 rings (SSSR count). The first-order chi connectivity index (χ1) is 11.4. The highest BCUT2D eigenvalue weighted by atomic mass is 127. The van der Waals surface area contributed by atoms with Crippen molar-refractivity contribution >= 4 is 91.2 Å². The van der Waals surface area contributed by atoms with E-state index in [2.05, 4.69) is 45.2 Å². The number of aryl methyl sites for hydroxylation is 1. The summed E-state index contributed by atoms with van der Waals surface area (Å²) < 4.78 is 2.03. The Morgan fingerprint density at radius 2 is 1.88 bits per heavy atom. The number of anilines is 1. The molecule has 0 saturated carbocycles. The molecule has 24 heavy (non-hydrogen) atoms. The third-order valence-corrected chi connectivity index (χ3v) is 6.34. The molecule has 1 amide bonds. The minimum atomic E-state index is -0.117. The van der Waals surface area contributed by atoms with Crippen molar-refractivity contribution in [3.8, 4) is 5.75 Å². The summed E-state index contributed by atoms with van der Waals surface area (Å²) in [5.41, 5.74) is 2.73. The average Bonchev–Trinajstić information content (AvgIpc) is 2.79. The molecule has 1 heterocycles. The fourth-order valence-corrected chi connectivity index (χ4v) is 5.39. The maximum atomic E-state index is 12.8. The zero-order chi connectivity index (χ0) is 17.4. The second-order valence-corrected chi connectivity index (χ2v) is 9.19. The maximum absolute atomic E-state index is 12.8. The van der Waals surface area contributed by atoms with Crippen LogP contribution in [0.15, 0.2) is 41.3 Å². The summed E-state index contributed by atoms with van der Waals surface area (Å²) in [4.78, 5) is 14.9. The van der Waals surface area contributed by atoms with E-state index in [1.807, 2.05) is 49.4 Å². The van der Waals surface area contributed by atoms with E-state index in [0.717, 1.165) is 24.0 Å². The molecule has 1 fully saturated rings. The molecular formula is C17H11I2NO2S2. The number of carbonyl (C=O) groups excluding carboxylic acids is 1. The number of phenolic OH excluding ortho intramolecular Hbond substituents is 1. The van der Waals surface area contributed by atoms with Gasteiger partial charge >= 0.3 is 0 Å². The quantitative estimate of drug-likeness (QED) is 0.298. The predicted molar refractivity (Wildman–Crippen MR) is 120 cm³/mol. The van der Waals surface area contributed by atoms with Gasteiger partial charge in [-0.15, -0.1) is 0 Å². The van der Waals surface area contributed by atoms with Gasteiger partial charge in [-0.25, -0.2) is 0 Å². The van der Waals surface area contributed by atoms with Gasteiger partial charge in [-0.2, -0.15) is 0 Å². The fourth-order valence-electron chi connectivity index (χ4n) is 2.28. The molecule has 0 spiro atoms. The van der Waals surface area contributed by atoms with Crippen LogP contribution in [-0.2, 0) is 4.79 Å². The standard InChI is InChI=1S/C17H11I2NO2S2/c1-9-3-2-4-11(5-9)20-16(22)14(24-17(20)23)8-10-6-12(18)15(21)13(19)7-10/h2-8,21H,1H3/b14-8-. The zero-order valence-corrected chi connectivity index (χ0v) is 18.4. The van der Waals surface area contributed by atoms with Gasteiger partial charge < -0.3 is 5.11 Å². The van der Waals surface area contributed by atoms with Crippen LogP contribution in [0, 0.1) is 14.1 Å². The monoisotopic (exact) mass is 579 g/mol. The Morgan fingerprint density at radius 3 is 2.50 bits per heavy atom. The summed E-state index contributed by atoms with van der Waals surface area (Å²) in [6.45, 7) is 1.98. The second kappa shape index (κ2) is 7.30. The molecule has 1 aliphatic heterocycles. The second-order valence-electron chi connectivity index (χ2n) is 5.19. The predicted octanol–water partition coefficient (Wildman–Crippen LogP) is 5.32. The van der Waals surface area contributed by atoms with E-state index in [0.29, 0.717) is 9.23 Å².